The van der Waals surface area contributed by atoms with Crippen molar-refractivity contribution in [1.82, 2.24) is 20.4 Å². The summed E-state index contributed by atoms with van der Waals surface area (Å²) in [5.41, 5.74) is 0. The monoisotopic (exact) mass is 338 g/mol. The van der Waals surface area contributed by atoms with Gasteiger partial charge in [-0.1, -0.05) is 0 Å². The number of hydrogen-bond donors (Lipinski definition) is 2. The van der Waals surface area contributed by atoms with Crippen molar-refractivity contribution in [2.45, 2.75) is 58.5 Å². The van der Waals surface area contributed by atoms with Crippen LogP contribution in [-0.2, 0) is 9.59 Å². The van der Waals surface area contributed by atoms with E-state index < -0.39 is 0 Å². The molecule has 0 aliphatic carbocycles. The van der Waals surface area contributed by atoms with Gasteiger partial charge in [0.25, 0.3) is 0 Å². The first-order valence-corrected chi connectivity index (χ1v) is 9.60. The number of carbonyl (C=O) groups is 2. The summed E-state index contributed by atoms with van der Waals surface area (Å²) < 4.78 is 0. The van der Waals surface area contributed by atoms with Gasteiger partial charge in [0.1, 0.15) is 0 Å². The number of piperidine rings is 1. The summed E-state index contributed by atoms with van der Waals surface area (Å²) in [6, 6.07) is -0.0761. The van der Waals surface area contributed by atoms with E-state index in [9.17, 15) is 9.59 Å². The van der Waals surface area contributed by atoms with Crippen molar-refractivity contribution in [2.75, 3.05) is 39.3 Å². The molecule has 24 heavy (non-hydrogen) atoms. The van der Waals surface area contributed by atoms with Gasteiger partial charge in [0.2, 0.25) is 11.8 Å². The fourth-order valence-electron chi connectivity index (χ4n) is 3.85. The first-order chi connectivity index (χ1) is 11.6. The summed E-state index contributed by atoms with van der Waals surface area (Å²) in [6.07, 6.45) is 4.25. The Morgan fingerprint density at radius 3 is 2.62 bits per heavy atom. The minimum atomic E-state index is -0.0695. The SMILES string of the molecule is CCN(CC)C(=O)C(C)N1CCCC(CNC(=O)C2CCCN2)C1. The first kappa shape index (κ1) is 19.2. The Labute approximate surface area is 146 Å². The van der Waals surface area contributed by atoms with Crippen LogP contribution >= 0.6 is 0 Å². The third kappa shape index (κ3) is 4.93. The Balaban J connectivity index is 1.80. The lowest BCUT2D eigenvalue weighted by Crippen LogP contribution is -2.52. The molecule has 6 heteroatoms. The number of carbonyl (C=O) groups excluding carboxylic acids is 2. The molecular weight excluding hydrogens is 304 g/mol. The molecule has 3 unspecified atom stereocenters. The third-order valence-corrected chi connectivity index (χ3v) is 5.47. The van der Waals surface area contributed by atoms with Crippen LogP contribution in [0.4, 0.5) is 0 Å². The molecule has 2 rings (SSSR count). The fraction of sp³-hybridized carbons (Fsp3) is 0.889. The highest BCUT2D eigenvalue weighted by atomic mass is 16.2. The molecule has 2 fully saturated rings. The smallest absolute Gasteiger partial charge is 0.239 e. The van der Waals surface area contributed by atoms with Crippen LogP contribution in [0.15, 0.2) is 0 Å². The molecule has 0 aromatic carbocycles. The molecule has 2 amide bonds. The average Bonchev–Trinajstić information content (AvgIpc) is 3.15. The van der Waals surface area contributed by atoms with Crippen LogP contribution in [0.25, 0.3) is 0 Å². The van der Waals surface area contributed by atoms with Gasteiger partial charge in [0.05, 0.1) is 12.1 Å². The standard InChI is InChI=1S/C18H34N4O2/c1-4-21(5-2)18(24)14(3)22-11-7-8-15(13-22)12-20-17(23)16-9-6-10-19-16/h14-16,19H,4-13H2,1-3H3,(H,20,23). The first-order valence-electron chi connectivity index (χ1n) is 9.60. The highest BCUT2D eigenvalue weighted by molar-refractivity contribution is 5.82. The number of rotatable bonds is 7. The van der Waals surface area contributed by atoms with Gasteiger partial charge >= 0.3 is 0 Å². The van der Waals surface area contributed by atoms with Gasteiger partial charge in [-0.25, -0.2) is 0 Å². The van der Waals surface area contributed by atoms with E-state index in [-0.39, 0.29) is 23.9 Å². The molecule has 2 aliphatic rings. The molecule has 2 N–H and O–H groups in total. The lowest BCUT2D eigenvalue weighted by molar-refractivity contribution is -0.136. The summed E-state index contributed by atoms with van der Waals surface area (Å²) in [4.78, 5) is 28.9. The molecule has 0 spiro atoms. The highest BCUT2D eigenvalue weighted by Gasteiger charge is 2.30. The van der Waals surface area contributed by atoms with Gasteiger partial charge < -0.3 is 15.5 Å². The third-order valence-electron chi connectivity index (χ3n) is 5.47. The average molecular weight is 338 g/mol. The lowest BCUT2D eigenvalue weighted by atomic mass is 9.96. The molecule has 0 saturated carbocycles. The van der Waals surface area contributed by atoms with Crippen LogP contribution in [0.1, 0.15) is 46.5 Å². The zero-order valence-electron chi connectivity index (χ0n) is 15.5. The maximum Gasteiger partial charge on any atom is 0.239 e. The number of likely N-dealkylation sites (N-methyl/N-ethyl adjacent to an activating group) is 1. The molecule has 3 atom stereocenters. The summed E-state index contributed by atoms with van der Waals surface area (Å²) >= 11 is 0. The Bertz CT molecular complexity index is 419. The van der Waals surface area contributed by atoms with E-state index in [1.807, 2.05) is 25.7 Å². The van der Waals surface area contributed by atoms with Gasteiger partial charge in [-0.05, 0) is 65.5 Å². The van der Waals surface area contributed by atoms with Gasteiger partial charge in [0, 0.05) is 26.2 Å². The molecule has 0 aromatic rings. The van der Waals surface area contributed by atoms with Gasteiger partial charge in [0.15, 0.2) is 0 Å². The molecular formula is C18H34N4O2. The van der Waals surface area contributed by atoms with Gasteiger partial charge in [-0.15, -0.1) is 0 Å². The predicted molar refractivity (Wildman–Crippen MR) is 95.7 cm³/mol. The minimum absolute atomic E-state index is 0.00661. The molecule has 6 nitrogen and oxygen atoms in total. The Morgan fingerprint density at radius 2 is 2.00 bits per heavy atom. The fourth-order valence-corrected chi connectivity index (χ4v) is 3.85. The molecule has 0 radical (unpaired) electrons. The van der Waals surface area contributed by atoms with Crippen LogP contribution in [-0.4, -0.2) is 73.0 Å². The largest absolute Gasteiger partial charge is 0.354 e. The number of amides is 2. The van der Waals surface area contributed by atoms with E-state index in [4.69, 9.17) is 0 Å². The second-order valence-electron chi connectivity index (χ2n) is 7.08. The maximum absolute atomic E-state index is 12.6. The van der Waals surface area contributed by atoms with Crippen molar-refractivity contribution in [3.05, 3.63) is 0 Å². The van der Waals surface area contributed by atoms with E-state index in [1.54, 1.807) is 0 Å². The summed E-state index contributed by atoms with van der Waals surface area (Å²) in [6.45, 7) is 11.1. The van der Waals surface area contributed by atoms with Crippen LogP contribution < -0.4 is 10.6 Å². The quantitative estimate of drug-likeness (QED) is 0.721. The number of hydrogen-bond acceptors (Lipinski definition) is 4. The van der Waals surface area contributed by atoms with Crippen molar-refractivity contribution >= 4 is 11.8 Å². The van der Waals surface area contributed by atoms with Crippen LogP contribution in [0.3, 0.4) is 0 Å². The van der Waals surface area contributed by atoms with Crippen LogP contribution in [0.2, 0.25) is 0 Å². The normalized spacial score (nSPS) is 26.1. The Hall–Kier alpha value is -1.14. The summed E-state index contributed by atoms with van der Waals surface area (Å²) in [7, 11) is 0. The number of nitrogens with zero attached hydrogens (tertiary/aromatic N) is 2. The summed E-state index contributed by atoms with van der Waals surface area (Å²) in [5.74, 6) is 0.799. The van der Waals surface area contributed by atoms with Crippen molar-refractivity contribution in [1.29, 1.82) is 0 Å². The van der Waals surface area contributed by atoms with Gasteiger partial charge in [-0.3, -0.25) is 14.5 Å². The van der Waals surface area contributed by atoms with Crippen molar-refractivity contribution < 1.29 is 9.59 Å². The van der Waals surface area contributed by atoms with E-state index in [0.29, 0.717) is 5.92 Å². The van der Waals surface area contributed by atoms with E-state index in [0.717, 1.165) is 65.0 Å². The molecule has 2 saturated heterocycles. The van der Waals surface area contributed by atoms with Gasteiger partial charge in [-0.2, -0.15) is 0 Å². The van der Waals surface area contributed by atoms with Crippen molar-refractivity contribution in [3.8, 4) is 0 Å². The second-order valence-corrected chi connectivity index (χ2v) is 7.08. The minimum Gasteiger partial charge on any atom is -0.354 e. The van der Waals surface area contributed by atoms with E-state index in [1.165, 1.54) is 0 Å². The zero-order chi connectivity index (χ0) is 17.5. The maximum atomic E-state index is 12.6. The van der Waals surface area contributed by atoms with Crippen LogP contribution in [0.5, 0.6) is 0 Å². The second kappa shape index (κ2) is 9.37. The predicted octanol–water partition coefficient (Wildman–Crippen LogP) is 0.824. The lowest BCUT2D eigenvalue weighted by Gasteiger charge is -2.38. The number of likely N-dealkylation sites (tertiary alicyclic amines) is 1. The molecule has 138 valence electrons. The molecule has 2 heterocycles. The highest BCUT2D eigenvalue weighted by Crippen LogP contribution is 2.19. The zero-order valence-corrected chi connectivity index (χ0v) is 15.5. The number of nitrogens with one attached hydrogen (secondary N) is 2. The Morgan fingerprint density at radius 1 is 1.25 bits per heavy atom. The van der Waals surface area contributed by atoms with Crippen molar-refractivity contribution in [2.24, 2.45) is 5.92 Å². The van der Waals surface area contributed by atoms with E-state index in [2.05, 4.69) is 15.5 Å². The molecule has 0 aromatic heterocycles. The van der Waals surface area contributed by atoms with Crippen LogP contribution in [0, 0.1) is 5.92 Å². The molecule has 2 aliphatic heterocycles. The van der Waals surface area contributed by atoms with Crippen molar-refractivity contribution in [3.63, 3.8) is 0 Å². The molecule has 0 bridgehead atoms. The Kier molecular flexibility index (Phi) is 7.49. The van der Waals surface area contributed by atoms with E-state index >= 15 is 0 Å². The summed E-state index contributed by atoms with van der Waals surface area (Å²) in [5, 5.41) is 6.34. The topological polar surface area (TPSA) is 64.7 Å².